The van der Waals surface area contributed by atoms with E-state index in [-0.39, 0.29) is 22.7 Å². The highest BCUT2D eigenvalue weighted by Crippen LogP contribution is 2.34. The minimum atomic E-state index is -3.02. The van der Waals surface area contributed by atoms with Crippen LogP contribution in [0.4, 0.5) is 0 Å². The third-order valence-electron chi connectivity index (χ3n) is 5.07. The van der Waals surface area contributed by atoms with Crippen molar-refractivity contribution >= 4 is 9.84 Å². The molecule has 0 N–H and O–H groups in total. The van der Waals surface area contributed by atoms with Crippen molar-refractivity contribution in [2.45, 2.75) is 74.1 Å². The molecule has 132 valence electrons. The van der Waals surface area contributed by atoms with Crippen molar-refractivity contribution in [3.63, 3.8) is 0 Å². The first-order valence-electron chi connectivity index (χ1n) is 8.75. The fourth-order valence-corrected chi connectivity index (χ4v) is 6.14. The Morgan fingerprint density at radius 2 is 1.09 bits per heavy atom. The summed E-state index contributed by atoms with van der Waals surface area (Å²) in [5.41, 5.74) is 0. The summed E-state index contributed by atoms with van der Waals surface area (Å²) in [5, 5.41) is -0.358. The van der Waals surface area contributed by atoms with Gasteiger partial charge in [-0.1, -0.05) is 12.2 Å². The van der Waals surface area contributed by atoms with Crippen LogP contribution in [0.2, 0.25) is 0 Å². The summed E-state index contributed by atoms with van der Waals surface area (Å²) >= 11 is 0. The zero-order valence-electron chi connectivity index (χ0n) is 14.0. The van der Waals surface area contributed by atoms with Crippen LogP contribution < -0.4 is 0 Å². The van der Waals surface area contributed by atoms with Gasteiger partial charge in [0.05, 0.1) is 35.9 Å². The maximum absolute atomic E-state index is 12.9. The summed E-state index contributed by atoms with van der Waals surface area (Å²) in [6, 6.07) is 0. The molecule has 0 heterocycles. The standard InChI is InChI=1S/C18H30O4S/c1-3-13-21-15-5-9-17(10-6-15)23(19,20)18-11-7-16(8-12-18)22-14-4-2/h3-4,15-18H,1-2,5-14H2. The molecule has 0 atom stereocenters. The maximum Gasteiger partial charge on any atom is 0.156 e. The van der Waals surface area contributed by atoms with Crippen molar-refractivity contribution in [1.29, 1.82) is 0 Å². The predicted molar refractivity (Wildman–Crippen MR) is 93.3 cm³/mol. The molecule has 0 bridgehead atoms. The van der Waals surface area contributed by atoms with Crippen LogP contribution in [0.25, 0.3) is 0 Å². The van der Waals surface area contributed by atoms with Gasteiger partial charge in [-0.2, -0.15) is 0 Å². The van der Waals surface area contributed by atoms with Crippen molar-refractivity contribution in [1.82, 2.24) is 0 Å². The second-order valence-corrected chi connectivity index (χ2v) is 9.14. The Morgan fingerprint density at radius 1 is 0.739 bits per heavy atom. The van der Waals surface area contributed by atoms with Crippen molar-refractivity contribution in [3.8, 4) is 0 Å². The van der Waals surface area contributed by atoms with Gasteiger partial charge in [0, 0.05) is 0 Å². The smallest absolute Gasteiger partial charge is 0.156 e. The molecule has 0 aromatic carbocycles. The van der Waals surface area contributed by atoms with E-state index in [2.05, 4.69) is 13.2 Å². The highest BCUT2D eigenvalue weighted by molar-refractivity contribution is 7.92. The fourth-order valence-electron chi connectivity index (χ4n) is 3.74. The minimum Gasteiger partial charge on any atom is -0.374 e. The molecular formula is C18H30O4S. The van der Waals surface area contributed by atoms with E-state index in [0.29, 0.717) is 13.2 Å². The average molecular weight is 343 g/mol. The second kappa shape index (κ2) is 9.00. The third-order valence-corrected chi connectivity index (χ3v) is 7.87. The SMILES string of the molecule is C=CCOC1CCC(S(=O)(=O)C2CCC(OCC=C)CC2)CC1. The molecule has 2 saturated carbocycles. The molecule has 0 spiro atoms. The van der Waals surface area contributed by atoms with Gasteiger partial charge < -0.3 is 9.47 Å². The maximum atomic E-state index is 12.9. The van der Waals surface area contributed by atoms with E-state index in [4.69, 9.17) is 9.47 Å². The van der Waals surface area contributed by atoms with Gasteiger partial charge in [-0.3, -0.25) is 0 Å². The third kappa shape index (κ3) is 5.16. The average Bonchev–Trinajstić information content (AvgIpc) is 2.59. The minimum absolute atomic E-state index is 0.179. The molecule has 0 amide bonds. The normalized spacial score (nSPS) is 32.3. The summed E-state index contributed by atoms with van der Waals surface area (Å²) in [6.07, 6.45) is 10.2. The molecule has 0 aromatic heterocycles. The molecule has 0 unspecified atom stereocenters. The number of hydrogen-bond acceptors (Lipinski definition) is 4. The molecule has 2 rings (SSSR count). The lowest BCUT2D eigenvalue weighted by atomic mass is 9.96. The van der Waals surface area contributed by atoms with Crippen LogP contribution in [0.3, 0.4) is 0 Å². The highest BCUT2D eigenvalue weighted by Gasteiger charge is 2.38. The number of ether oxygens (including phenoxy) is 2. The Labute approximate surface area is 140 Å². The van der Waals surface area contributed by atoms with Crippen LogP contribution in [-0.4, -0.2) is 44.3 Å². The van der Waals surface area contributed by atoms with E-state index < -0.39 is 9.84 Å². The van der Waals surface area contributed by atoms with E-state index in [1.807, 2.05) is 0 Å². The number of rotatable bonds is 8. The van der Waals surface area contributed by atoms with Crippen LogP contribution >= 0.6 is 0 Å². The first-order valence-corrected chi connectivity index (χ1v) is 10.4. The lowest BCUT2D eigenvalue weighted by molar-refractivity contribution is 0.0452. The van der Waals surface area contributed by atoms with Crippen molar-refractivity contribution < 1.29 is 17.9 Å². The monoisotopic (exact) mass is 342 g/mol. The molecule has 0 saturated heterocycles. The largest absolute Gasteiger partial charge is 0.374 e. The van der Waals surface area contributed by atoms with E-state index in [9.17, 15) is 8.42 Å². The molecule has 4 nitrogen and oxygen atoms in total. The summed E-state index contributed by atoms with van der Waals surface area (Å²) in [7, 11) is -3.02. The van der Waals surface area contributed by atoms with Gasteiger partial charge in [0.2, 0.25) is 0 Å². The summed E-state index contributed by atoms with van der Waals surface area (Å²) in [4.78, 5) is 0. The van der Waals surface area contributed by atoms with Gasteiger partial charge in [0.15, 0.2) is 9.84 Å². The van der Waals surface area contributed by atoms with Gasteiger partial charge in [0.25, 0.3) is 0 Å². The molecule has 0 aliphatic heterocycles. The van der Waals surface area contributed by atoms with Crippen LogP contribution in [0.15, 0.2) is 25.3 Å². The second-order valence-electron chi connectivity index (χ2n) is 6.63. The van der Waals surface area contributed by atoms with Crippen LogP contribution in [0, 0.1) is 0 Å². The fraction of sp³-hybridized carbons (Fsp3) is 0.778. The van der Waals surface area contributed by atoms with Crippen LogP contribution in [-0.2, 0) is 19.3 Å². The van der Waals surface area contributed by atoms with Gasteiger partial charge in [-0.05, 0) is 51.4 Å². The van der Waals surface area contributed by atoms with Gasteiger partial charge in [-0.15, -0.1) is 13.2 Å². The molecule has 23 heavy (non-hydrogen) atoms. The summed E-state index contributed by atoms with van der Waals surface area (Å²) in [6.45, 7) is 8.40. The lowest BCUT2D eigenvalue weighted by Gasteiger charge is -2.34. The van der Waals surface area contributed by atoms with E-state index in [0.717, 1.165) is 51.4 Å². The molecule has 2 aliphatic rings. The molecule has 5 heteroatoms. The Balaban J connectivity index is 1.81. The quantitative estimate of drug-likeness (QED) is 0.634. The van der Waals surface area contributed by atoms with Gasteiger partial charge >= 0.3 is 0 Å². The van der Waals surface area contributed by atoms with Crippen molar-refractivity contribution in [2.75, 3.05) is 13.2 Å². The van der Waals surface area contributed by atoms with E-state index >= 15 is 0 Å². The Kier molecular flexibility index (Phi) is 7.31. The van der Waals surface area contributed by atoms with Gasteiger partial charge in [0.1, 0.15) is 0 Å². The van der Waals surface area contributed by atoms with Crippen molar-refractivity contribution in [3.05, 3.63) is 25.3 Å². The summed E-state index contributed by atoms with van der Waals surface area (Å²) in [5.74, 6) is 0. The summed E-state index contributed by atoms with van der Waals surface area (Å²) < 4.78 is 37.0. The zero-order chi connectivity index (χ0) is 16.7. The van der Waals surface area contributed by atoms with Gasteiger partial charge in [-0.25, -0.2) is 8.42 Å². The van der Waals surface area contributed by atoms with Crippen LogP contribution in [0.1, 0.15) is 51.4 Å². The topological polar surface area (TPSA) is 52.6 Å². The molecule has 2 aliphatic carbocycles. The number of hydrogen-bond donors (Lipinski definition) is 0. The first kappa shape index (κ1) is 18.7. The lowest BCUT2D eigenvalue weighted by Crippen LogP contribution is -2.39. The molecule has 0 aromatic rings. The molecule has 2 fully saturated rings. The number of sulfone groups is 1. The first-order chi connectivity index (χ1) is 11.1. The van der Waals surface area contributed by atoms with Crippen LogP contribution in [0.5, 0.6) is 0 Å². The van der Waals surface area contributed by atoms with E-state index in [1.54, 1.807) is 12.2 Å². The van der Waals surface area contributed by atoms with E-state index in [1.165, 1.54) is 0 Å². The Bertz CT molecular complexity index is 431. The molecular weight excluding hydrogens is 312 g/mol. The van der Waals surface area contributed by atoms with Crippen molar-refractivity contribution in [2.24, 2.45) is 0 Å². The Morgan fingerprint density at radius 3 is 1.39 bits per heavy atom. The molecule has 0 radical (unpaired) electrons. The highest BCUT2D eigenvalue weighted by atomic mass is 32.2. The Hall–Kier alpha value is -0.650. The zero-order valence-corrected chi connectivity index (χ0v) is 14.8. The predicted octanol–water partition coefficient (Wildman–Crippen LogP) is 3.43.